The second-order valence-corrected chi connectivity index (χ2v) is 6.09. The van der Waals surface area contributed by atoms with Gasteiger partial charge in [0.1, 0.15) is 0 Å². The molecule has 0 aliphatic heterocycles. The van der Waals surface area contributed by atoms with E-state index in [0.29, 0.717) is 16.7 Å². The predicted molar refractivity (Wildman–Crippen MR) is 75.2 cm³/mol. The Morgan fingerprint density at radius 3 is 2.14 bits per heavy atom. The number of aryl methyl sites for hydroxylation is 1. The molecule has 0 unspecified atom stereocenters. The largest absolute Gasteiger partial charge is 0.516 e. The van der Waals surface area contributed by atoms with Gasteiger partial charge in [-0.1, -0.05) is 42.5 Å². The Hall–Kier alpha value is -2.02. The SMILES string of the molecule is Cc1cccc(NS(=O)(=O)C(F)(F)F)c1-c1ccccc1. The standard InChI is InChI=1S/C14H12F3NO2S/c1-10-6-5-9-12(18-21(19,20)14(15,16)17)13(10)11-7-3-2-4-8-11/h2-9,18H,1H3. The first-order chi connectivity index (χ1) is 9.72. The van der Waals surface area contributed by atoms with Crippen LogP contribution >= 0.6 is 0 Å². The van der Waals surface area contributed by atoms with Crippen LogP contribution in [0.15, 0.2) is 48.5 Å². The molecule has 2 aromatic rings. The third kappa shape index (κ3) is 3.18. The molecule has 2 rings (SSSR count). The first kappa shape index (κ1) is 15.4. The van der Waals surface area contributed by atoms with Crippen LogP contribution in [0.2, 0.25) is 0 Å². The molecule has 0 spiro atoms. The summed E-state index contributed by atoms with van der Waals surface area (Å²) >= 11 is 0. The number of hydrogen-bond donors (Lipinski definition) is 1. The monoisotopic (exact) mass is 315 g/mol. The maximum absolute atomic E-state index is 12.5. The van der Waals surface area contributed by atoms with Crippen LogP contribution in [0.4, 0.5) is 18.9 Å². The lowest BCUT2D eigenvalue weighted by molar-refractivity contribution is -0.0429. The maximum Gasteiger partial charge on any atom is 0.516 e. The molecule has 0 fully saturated rings. The normalized spacial score (nSPS) is 12.2. The Bertz CT molecular complexity index is 741. The Labute approximate surface area is 120 Å². The summed E-state index contributed by atoms with van der Waals surface area (Å²) in [5, 5.41) is 0. The van der Waals surface area contributed by atoms with Gasteiger partial charge in [0, 0.05) is 5.56 Å². The second kappa shape index (κ2) is 5.40. The fraction of sp³-hybridized carbons (Fsp3) is 0.143. The van der Waals surface area contributed by atoms with Gasteiger partial charge in [0.2, 0.25) is 0 Å². The van der Waals surface area contributed by atoms with Crippen LogP contribution in [0.5, 0.6) is 0 Å². The molecule has 0 amide bonds. The maximum atomic E-state index is 12.5. The van der Waals surface area contributed by atoms with Gasteiger partial charge in [0.05, 0.1) is 5.69 Å². The molecular formula is C14H12F3NO2S. The van der Waals surface area contributed by atoms with E-state index in [1.54, 1.807) is 48.0 Å². The lowest BCUT2D eigenvalue weighted by Gasteiger charge is -2.16. The summed E-state index contributed by atoms with van der Waals surface area (Å²) in [6, 6.07) is 13.1. The van der Waals surface area contributed by atoms with Crippen molar-refractivity contribution in [1.82, 2.24) is 0 Å². The van der Waals surface area contributed by atoms with Gasteiger partial charge in [-0.25, -0.2) is 0 Å². The fourth-order valence-corrected chi connectivity index (χ4v) is 2.52. The molecule has 2 aromatic carbocycles. The first-order valence-corrected chi connectivity index (χ1v) is 7.45. The smallest absolute Gasteiger partial charge is 0.275 e. The lowest BCUT2D eigenvalue weighted by atomic mass is 9.99. The fourth-order valence-electron chi connectivity index (χ4n) is 1.94. The Morgan fingerprint density at radius 2 is 1.57 bits per heavy atom. The van der Waals surface area contributed by atoms with E-state index in [1.165, 1.54) is 12.1 Å². The zero-order valence-electron chi connectivity index (χ0n) is 11.0. The van der Waals surface area contributed by atoms with Crippen LogP contribution in [0.3, 0.4) is 0 Å². The minimum atomic E-state index is -5.45. The van der Waals surface area contributed by atoms with E-state index < -0.39 is 15.5 Å². The van der Waals surface area contributed by atoms with Crippen LogP contribution in [0.1, 0.15) is 5.56 Å². The van der Waals surface area contributed by atoms with Crippen molar-refractivity contribution in [2.75, 3.05) is 4.72 Å². The first-order valence-electron chi connectivity index (χ1n) is 5.96. The zero-order chi connectivity index (χ0) is 15.7. The number of hydrogen-bond acceptors (Lipinski definition) is 2. The third-order valence-corrected chi connectivity index (χ3v) is 3.98. The molecule has 0 aliphatic rings. The quantitative estimate of drug-likeness (QED) is 0.933. The Kier molecular flexibility index (Phi) is 3.95. The minimum absolute atomic E-state index is 0.0986. The van der Waals surface area contributed by atoms with E-state index >= 15 is 0 Å². The summed E-state index contributed by atoms with van der Waals surface area (Å²) in [6.07, 6.45) is 0. The van der Waals surface area contributed by atoms with Gasteiger partial charge < -0.3 is 0 Å². The summed E-state index contributed by atoms with van der Waals surface area (Å²) in [7, 11) is -5.45. The van der Waals surface area contributed by atoms with Gasteiger partial charge in [-0.05, 0) is 24.1 Å². The van der Waals surface area contributed by atoms with Gasteiger partial charge in [0.15, 0.2) is 0 Å². The molecule has 7 heteroatoms. The topological polar surface area (TPSA) is 46.2 Å². The number of nitrogens with one attached hydrogen (secondary N) is 1. The lowest BCUT2D eigenvalue weighted by Crippen LogP contribution is -2.30. The average Bonchev–Trinajstić information content (AvgIpc) is 2.38. The van der Waals surface area contributed by atoms with Crippen molar-refractivity contribution in [3.63, 3.8) is 0 Å². The van der Waals surface area contributed by atoms with Crippen LogP contribution in [0, 0.1) is 6.92 Å². The average molecular weight is 315 g/mol. The molecule has 0 saturated heterocycles. The highest BCUT2D eigenvalue weighted by molar-refractivity contribution is 7.93. The van der Waals surface area contributed by atoms with E-state index in [0.717, 1.165) is 0 Å². The predicted octanol–water partition coefficient (Wildman–Crippen LogP) is 3.92. The molecule has 112 valence electrons. The number of alkyl halides is 3. The molecule has 0 bridgehead atoms. The molecule has 0 radical (unpaired) electrons. The summed E-state index contributed by atoms with van der Waals surface area (Å²) in [5.41, 5.74) is -3.73. The van der Waals surface area contributed by atoms with Crippen LogP contribution in [-0.4, -0.2) is 13.9 Å². The Morgan fingerprint density at radius 1 is 0.952 bits per heavy atom. The molecule has 3 nitrogen and oxygen atoms in total. The molecule has 0 aliphatic carbocycles. The van der Waals surface area contributed by atoms with Crippen molar-refractivity contribution in [3.8, 4) is 11.1 Å². The molecule has 0 aromatic heterocycles. The molecule has 0 saturated carbocycles. The number of halogens is 3. The number of rotatable bonds is 3. The summed E-state index contributed by atoms with van der Waals surface area (Å²) in [4.78, 5) is 0. The van der Waals surface area contributed by atoms with Crippen LogP contribution in [0.25, 0.3) is 11.1 Å². The van der Waals surface area contributed by atoms with Gasteiger partial charge in [-0.15, -0.1) is 0 Å². The minimum Gasteiger partial charge on any atom is -0.275 e. The number of anilines is 1. The van der Waals surface area contributed by atoms with Gasteiger partial charge in [-0.3, -0.25) is 4.72 Å². The summed E-state index contributed by atoms with van der Waals surface area (Å²) < 4.78 is 61.7. The molecule has 1 N–H and O–H groups in total. The Balaban J connectivity index is 2.55. The molecule has 0 heterocycles. The van der Waals surface area contributed by atoms with Gasteiger partial charge in [-0.2, -0.15) is 21.6 Å². The van der Waals surface area contributed by atoms with Crippen molar-refractivity contribution >= 4 is 15.7 Å². The van der Waals surface area contributed by atoms with Crippen LogP contribution in [-0.2, 0) is 10.0 Å². The van der Waals surface area contributed by atoms with Crippen molar-refractivity contribution in [2.24, 2.45) is 0 Å². The molecular weight excluding hydrogens is 303 g/mol. The highest BCUT2D eigenvalue weighted by Crippen LogP contribution is 2.34. The van der Waals surface area contributed by atoms with E-state index in [-0.39, 0.29) is 5.69 Å². The number of sulfonamides is 1. The molecule has 21 heavy (non-hydrogen) atoms. The van der Waals surface area contributed by atoms with Gasteiger partial charge in [0.25, 0.3) is 0 Å². The van der Waals surface area contributed by atoms with Crippen molar-refractivity contribution in [1.29, 1.82) is 0 Å². The van der Waals surface area contributed by atoms with E-state index in [9.17, 15) is 21.6 Å². The third-order valence-electron chi connectivity index (χ3n) is 2.88. The van der Waals surface area contributed by atoms with Crippen molar-refractivity contribution < 1.29 is 21.6 Å². The van der Waals surface area contributed by atoms with E-state index in [1.807, 2.05) is 0 Å². The van der Waals surface area contributed by atoms with E-state index in [2.05, 4.69) is 0 Å². The second-order valence-electron chi connectivity index (χ2n) is 4.41. The zero-order valence-corrected chi connectivity index (χ0v) is 11.8. The van der Waals surface area contributed by atoms with Crippen molar-refractivity contribution in [3.05, 3.63) is 54.1 Å². The highest BCUT2D eigenvalue weighted by atomic mass is 32.2. The van der Waals surface area contributed by atoms with Crippen LogP contribution < -0.4 is 4.72 Å². The number of benzene rings is 2. The van der Waals surface area contributed by atoms with Crippen molar-refractivity contribution in [2.45, 2.75) is 12.4 Å². The van der Waals surface area contributed by atoms with Gasteiger partial charge >= 0.3 is 15.5 Å². The summed E-state index contributed by atoms with van der Waals surface area (Å²) in [5.74, 6) is 0. The summed E-state index contributed by atoms with van der Waals surface area (Å²) in [6.45, 7) is 1.70. The molecule has 0 atom stereocenters. The highest BCUT2D eigenvalue weighted by Gasteiger charge is 2.46. The van der Waals surface area contributed by atoms with E-state index in [4.69, 9.17) is 0 Å².